The molecule has 0 unspecified atom stereocenters. The first-order valence-corrected chi connectivity index (χ1v) is 5.50. The molecule has 2 nitrogen and oxygen atoms in total. The van der Waals surface area contributed by atoms with Gasteiger partial charge in [0.1, 0.15) is 5.82 Å². The molecular formula is C12H18Cl2FNO. The topological polar surface area (TPSA) is 46.2 Å². The van der Waals surface area contributed by atoms with E-state index in [0.717, 1.165) is 0 Å². The molecular weight excluding hydrogens is 264 g/mol. The lowest BCUT2D eigenvalue weighted by molar-refractivity contribution is 0.0391. The van der Waals surface area contributed by atoms with Crippen molar-refractivity contribution in [2.75, 3.05) is 0 Å². The molecule has 3 N–H and O–H groups in total. The smallest absolute Gasteiger partial charge is 0.129 e. The van der Waals surface area contributed by atoms with Gasteiger partial charge in [-0.2, -0.15) is 0 Å². The van der Waals surface area contributed by atoms with Crippen molar-refractivity contribution in [3.05, 3.63) is 34.6 Å². The molecule has 0 heterocycles. The molecule has 0 aliphatic heterocycles. The summed E-state index contributed by atoms with van der Waals surface area (Å²) in [6.07, 6.45) is -0.817. The zero-order chi connectivity index (χ0) is 12.5. The number of hydrogen-bond donors (Lipinski definition) is 2. The second-order valence-corrected chi connectivity index (χ2v) is 5.44. The highest BCUT2D eigenvalue weighted by atomic mass is 35.5. The van der Waals surface area contributed by atoms with E-state index >= 15 is 0 Å². The van der Waals surface area contributed by atoms with Crippen LogP contribution in [0.5, 0.6) is 0 Å². The minimum atomic E-state index is -0.817. The van der Waals surface area contributed by atoms with Crippen molar-refractivity contribution in [2.24, 2.45) is 11.1 Å². The van der Waals surface area contributed by atoms with Gasteiger partial charge in [0, 0.05) is 10.6 Å². The molecule has 1 aromatic carbocycles. The maximum absolute atomic E-state index is 13.6. The largest absolute Gasteiger partial charge is 0.391 e. The van der Waals surface area contributed by atoms with Gasteiger partial charge in [0.15, 0.2) is 0 Å². The van der Waals surface area contributed by atoms with Crippen molar-refractivity contribution in [3.63, 3.8) is 0 Å². The van der Waals surface area contributed by atoms with Crippen LogP contribution in [0.3, 0.4) is 0 Å². The summed E-state index contributed by atoms with van der Waals surface area (Å²) in [5, 5.41) is 10.3. The molecule has 0 bridgehead atoms. The van der Waals surface area contributed by atoms with Crippen molar-refractivity contribution >= 4 is 24.0 Å². The van der Waals surface area contributed by atoms with Gasteiger partial charge < -0.3 is 10.8 Å². The van der Waals surface area contributed by atoms with Gasteiger partial charge in [-0.15, -0.1) is 12.4 Å². The number of nitrogens with two attached hydrogens (primary N) is 1. The third-order valence-corrected chi connectivity index (χ3v) is 2.78. The fourth-order valence-corrected chi connectivity index (χ4v) is 1.64. The second-order valence-electron chi connectivity index (χ2n) is 5.00. The van der Waals surface area contributed by atoms with Crippen LogP contribution in [-0.2, 0) is 0 Å². The van der Waals surface area contributed by atoms with E-state index in [9.17, 15) is 9.50 Å². The van der Waals surface area contributed by atoms with E-state index in [4.69, 9.17) is 17.3 Å². The molecule has 2 atom stereocenters. The zero-order valence-corrected chi connectivity index (χ0v) is 11.6. The molecule has 0 aromatic heterocycles. The van der Waals surface area contributed by atoms with Crippen LogP contribution in [0.25, 0.3) is 0 Å². The monoisotopic (exact) mass is 281 g/mol. The van der Waals surface area contributed by atoms with Gasteiger partial charge in [-0.05, 0) is 17.5 Å². The summed E-state index contributed by atoms with van der Waals surface area (Å²) in [6.45, 7) is 5.56. The Labute approximate surface area is 112 Å². The molecule has 17 heavy (non-hydrogen) atoms. The molecule has 0 aliphatic rings. The molecule has 0 saturated heterocycles. The van der Waals surface area contributed by atoms with E-state index in [1.165, 1.54) is 12.1 Å². The number of rotatable bonds is 2. The van der Waals surface area contributed by atoms with Gasteiger partial charge in [0.25, 0.3) is 0 Å². The van der Waals surface area contributed by atoms with Crippen LogP contribution in [0.4, 0.5) is 4.39 Å². The lowest BCUT2D eigenvalue weighted by Crippen LogP contribution is -2.37. The summed E-state index contributed by atoms with van der Waals surface area (Å²) in [6, 6.07) is 3.52. The predicted octanol–water partition coefficient (Wildman–Crippen LogP) is 3.31. The first-order valence-electron chi connectivity index (χ1n) is 5.12. The van der Waals surface area contributed by atoms with Crippen molar-refractivity contribution in [3.8, 4) is 0 Å². The van der Waals surface area contributed by atoms with Crippen LogP contribution in [0, 0.1) is 11.2 Å². The highest BCUT2D eigenvalue weighted by molar-refractivity contribution is 6.30. The molecule has 1 aromatic rings. The Bertz CT molecular complexity index is 379. The number of aliphatic hydroxyl groups is 1. The van der Waals surface area contributed by atoms with E-state index in [1.54, 1.807) is 6.07 Å². The van der Waals surface area contributed by atoms with Gasteiger partial charge >= 0.3 is 0 Å². The Balaban J connectivity index is 0.00000256. The fourth-order valence-electron chi connectivity index (χ4n) is 1.48. The van der Waals surface area contributed by atoms with Crippen LogP contribution in [0.15, 0.2) is 18.2 Å². The van der Waals surface area contributed by atoms with Crippen molar-refractivity contribution in [1.29, 1.82) is 0 Å². The van der Waals surface area contributed by atoms with Gasteiger partial charge in [0.2, 0.25) is 0 Å². The van der Waals surface area contributed by atoms with Crippen LogP contribution < -0.4 is 5.73 Å². The van der Waals surface area contributed by atoms with E-state index < -0.39 is 23.4 Å². The minimum absolute atomic E-state index is 0. The van der Waals surface area contributed by atoms with E-state index in [2.05, 4.69) is 0 Å². The Hall–Kier alpha value is -0.350. The number of aliphatic hydroxyl groups excluding tert-OH is 1. The summed E-state index contributed by atoms with van der Waals surface area (Å²) in [5.41, 5.74) is 5.73. The first kappa shape index (κ1) is 16.6. The number of hydrogen-bond acceptors (Lipinski definition) is 2. The molecule has 1 rings (SSSR count). The molecule has 0 amide bonds. The molecule has 0 aliphatic carbocycles. The van der Waals surface area contributed by atoms with Crippen molar-refractivity contribution < 1.29 is 9.50 Å². The second kappa shape index (κ2) is 6.01. The molecule has 0 saturated carbocycles. The third-order valence-electron chi connectivity index (χ3n) is 2.55. The average Bonchev–Trinajstić information content (AvgIpc) is 2.14. The SMILES string of the molecule is CC(C)(C)[C@@H](O)[C@@H](N)c1ccc(Cl)cc1F.Cl. The summed E-state index contributed by atoms with van der Waals surface area (Å²) in [5.74, 6) is -0.483. The first-order chi connectivity index (χ1) is 7.23. The molecule has 98 valence electrons. The van der Waals surface area contributed by atoms with E-state index in [0.29, 0.717) is 5.02 Å². The van der Waals surface area contributed by atoms with Crippen LogP contribution in [-0.4, -0.2) is 11.2 Å². The van der Waals surface area contributed by atoms with E-state index in [1.807, 2.05) is 20.8 Å². The summed E-state index contributed by atoms with van der Waals surface area (Å²) in [4.78, 5) is 0. The third kappa shape index (κ3) is 4.11. The number of halogens is 3. The van der Waals surface area contributed by atoms with Crippen LogP contribution >= 0.6 is 24.0 Å². The minimum Gasteiger partial charge on any atom is -0.391 e. The summed E-state index contributed by atoms with van der Waals surface area (Å²) < 4.78 is 13.6. The Morgan fingerprint density at radius 1 is 1.35 bits per heavy atom. The van der Waals surface area contributed by atoms with Crippen LogP contribution in [0.1, 0.15) is 32.4 Å². The Kier molecular flexibility index (Phi) is 5.88. The predicted molar refractivity (Wildman–Crippen MR) is 71.0 cm³/mol. The molecule has 0 radical (unpaired) electrons. The fraction of sp³-hybridized carbons (Fsp3) is 0.500. The normalized spacial score (nSPS) is 15.0. The Morgan fingerprint density at radius 3 is 2.29 bits per heavy atom. The quantitative estimate of drug-likeness (QED) is 0.874. The number of benzene rings is 1. The van der Waals surface area contributed by atoms with Crippen LogP contribution in [0.2, 0.25) is 5.02 Å². The van der Waals surface area contributed by atoms with Crippen molar-refractivity contribution in [2.45, 2.75) is 32.9 Å². The molecule has 0 fully saturated rings. The highest BCUT2D eigenvalue weighted by Crippen LogP contribution is 2.30. The summed E-state index contributed by atoms with van der Waals surface area (Å²) >= 11 is 5.65. The van der Waals surface area contributed by atoms with Gasteiger partial charge in [0.05, 0.1) is 12.1 Å². The lowest BCUT2D eigenvalue weighted by Gasteiger charge is -2.31. The summed E-state index contributed by atoms with van der Waals surface area (Å²) in [7, 11) is 0. The molecule has 0 spiro atoms. The van der Waals surface area contributed by atoms with Gasteiger partial charge in [-0.3, -0.25) is 0 Å². The average molecular weight is 282 g/mol. The standard InChI is InChI=1S/C12H17ClFNO.ClH/c1-12(2,3)11(16)10(15)8-5-4-7(13)6-9(8)14;/h4-6,10-11,16H,15H2,1-3H3;1H/t10-,11-;/m0./s1. The maximum Gasteiger partial charge on any atom is 0.129 e. The van der Waals surface area contributed by atoms with Gasteiger partial charge in [-0.1, -0.05) is 38.4 Å². The van der Waals surface area contributed by atoms with Gasteiger partial charge in [-0.25, -0.2) is 4.39 Å². The van der Waals surface area contributed by atoms with E-state index in [-0.39, 0.29) is 18.0 Å². The maximum atomic E-state index is 13.6. The highest BCUT2D eigenvalue weighted by Gasteiger charge is 2.30. The lowest BCUT2D eigenvalue weighted by atomic mass is 9.82. The molecule has 5 heteroatoms. The zero-order valence-electron chi connectivity index (χ0n) is 10.1. The Morgan fingerprint density at radius 2 is 1.88 bits per heavy atom. The van der Waals surface area contributed by atoms with Crippen molar-refractivity contribution in [1.82, 2.24) is 0 Å².